The molecule has 4 nitrogen and oxygen atoms in total. The van der Waals surface area contributed by atoms with E-state index in [1.807, 2.05) is 0 Å². The maximum absolute atomic E-state index is 9.34. The summed E-state index contributed by atoms with van der Waals surface area (Å²) in [4.78, 5) is 13.2. The molecule has 5 rings (SSSR count). The summed E-state index contributed by atoms with van der Waals surface area (Å²) in [6.07, 6.45) is 2.20. The number of aromatic amines is 1. The van der Waals surface area contributed by atoms with Gasteiger partial charge in [-0.05, 0) is 79.7 Å². The molecule has 30 heavy (non-hydrogen) atoms. The Morgan fingerprint density at radius 3 is 2.67 bits per heavy atom. The minimum Gasteiger partial charge on any atom is -0.396 e. The summed E-state index contributed by atoms with van der Waals surface area (Å²) < 4.78 is 0. The normalized spacial score (nSPS) is 15.8. The Bertz CT molecular complexity index is 1150. The molecular formula is C25H27N3OS. The van der Waals surface area contributed by atoms with Crippen LogP contribution >= 0.6 is 11.3 Å². The number of thiophene rings is 1. The minimum absolute atomic E-state index is 0.328. The van der Waals surface area contributed by atoms with Gasteiger partial charge < -0.3 is 10.1 Å². The number of imidazole rings is 1. The third kappa shape index (κ3) is 3.93. The molecule has 1 aliphatic rings. The summed E-state index contributed by atoms with van der Waals surface area (Å²) in [6.45, 7) is 5.56. The fourth-order valence-electron chi connectivity index (χ4n) is 4.32. The van der Waals surface area contributed by atoms with E-state index in [0.717, 1.165) is 54.2 Å². The summed E-state index contributed by atoms with van der Waals surface area (Å²) >= 11 is 1.78. The van der Waals surface area contributed by atoms with Gasteiger partial charge in [-0.15, -0.1) is 11.3 Å². The monoisotopic (exact) mass is 417 g/mol. The third-order valence-corrected chi connectivity index (χ3v) is 7.28. The molecule has 1 fully saturated rings. The minimum atomic E-state index is 0.328. The summed E-state index contributed by atoms with van der Waals surface area (Å²) in [5, 5.41) is 9.34. The summed E-state index contributed by atoms with van der Waals surface area (Å²) in [5.74, 6) is 1.43. The van der Waals surface area contributed by atoms with Gasteiger partial charge in [0.1, 0.15) is 5.82 Å². The summed E-state index contributed by atoms with van der Waals surface area (Å²) in [5.41, 5.74) is 5.95. The standard InChI is InChI=1S/C25H27N3OS/c1-17-4-2-7-21-24(17)27-25(26-21)23-9-8-22(30-23)20-6-3-5-19(14-20)15-28-12-10-18(16-29)11-13-28/h2-9,14,18,29H,10-13,15-16H2,1H3,(H,26,27). The van der Waals surface area contributed by atoms with Crippen LogP contribution in [0.4, 0.5) is 0 Å². The SMILES string of the molecule is Cc1cccc2[nH]c(-c3ccc(-c4cccc(CN5CCC(CO)CC5)c4)s3)nc12. The molecule has 1 aliphatic heterocycles. The number of aryl methyl sites for hydroxylation is 1. The molecule has 5 heteroatoms. The number of benzene rings is 2. The van der Waals surface area contributed by atoms with Crippen molar-refractivity contribution in [3.8, 4) is 21.1 Å². The first-order valence-electron chi connectivity index (χ1n) is 10.7. The van der Waals surface area contributed by atoms with Crippen molar-refractivity contribution in [1.29, 1.82) is 0 Å². The zero-order valence-corrected chi connectivity index (χ0v) is 18.1. The van der Waals surface area contributed by atoms with Crippen LogP contribution in [0.3, 0.4) is 0 Å². The number of aromatic nitrogens is 2. The first kappa shape index (κ1) is 19.5. The molecule has 0 spiro atoms. The van der Waals surface area contributed by atoms with Gasteiger partial charge in [-0.3, -0.25) is 4.90 Å². The average Bonchev–Trinajstić information content (AvgIpc) is 3.43. The highest BCUT2D eigenvalue weighted by atomic mass is 32.1. The number of hydrogen-bond acceptors (Lipinski definition) is 4. The third-order valence-electron chi connectivity index (χ3n) is 6.14. The Hall–Kier alpha value is -2.47. The molecule has 0 radical (unpaired) electrons. The highest BCUT2D eigenvalue weighted by Crippen LogP contribution is 2.35. The number of likely N-dealkylation sites (tertiary alicyclic amines) is 1. The van der Waals surface area contributed by atoms with Gasteiger partial charge in [0, 0.05) is 18.0 Å². The van der Waals surface area contributed by atoms with Crippen molar-refractivity contribution in [3.05, 3.63) is 65.7 Å². The second kappa shape index (κ2) is 8.34. The molecule has 1 saturated heterocycles. The van der Waals surface area contributed by atoms with Gasteiger partial charge in [-0.2, -0.15) is 0 Å². The maximum Gasteiger partial charge on any atom is 0.148 e. The zero-order chi connectivity index (χ0) is 20.5. The van der Waals surface area contributed by atoms with E-state index in [1.165, 1.54) is 21.6 Å². The fraction of sp³-hybridized carbons (Fsp3) is 0.320. The lowest BCUT2D eigenvalue weighted by Crippen LogP contribution is -2.34. The van der Waals surface area contributed by atoms with Crippen LogP contribution in [0, 0.1) is 12.8 Å². The van der Waals surface area contributed by atoms with Crippen LogP contribution < -0.4 is 0 Å². The van der Waals surface area contributed by atoms with Crippen LogP contribution in [0.5, 0.6) is 0 Å². The summed E-state index contributed by atoms with van der Waals surface area (Å²) in [6, 6.07) is 19.5. The Morgan fingerprint density at radius 1 is 1.07 bits per heavy atom. The molecule has 4 aromatic rings. The van der Waals surface area contributed by atoms with E-state index in [0.29, 0.717) is 12.5 Å². The molecule has 2 N–H and O–H groups in total. The predicted octanol–water partition coefficient (Wildman–Crippen LogP) is 5.47. The van der Waals surface area contributed by atoms with Crippen LogP contribution in [0.15, 0.2) is 54.6 Å². The van der Waals surface area contributed by atoms with E-state index in [4.69, 9.17) is 4.98 Å². The number of nitrogens with one attached hydrogen (secondary N) is 1. The molecule has 0 unspecified atom stereocenters. The zero-order valence-electron chi connectivity index (χ0n) is 17.3. The van der Waals surface area contributed by atoms with E-state index in [9.17, 15) is 5.11 Å². The second-order valence-corrected chi connectivity index (χ2v) is 9.41. The number of para-hydroxylation sites is 1. The van der Waals surface area contributed by atoms with Gasteiger partial charge in [0.15, 0.2) is 0 Å². The lowest BCUT2D eigenvalue weighted by atomic mass is 9.97. The molecule has 3 heterocycles. The Morgan fingerprint density at radius 2 is 1.87 bits per heavy atom. The fourth-order valence-corrected chi connectivity index (χ4v) is 5.27. The van der Waals surface area contributed by atoms with Gasteiger partial charge in [-0.25, -0.2) is 4.98 Å². The average molecular weight is 418 g/mol. The molecule has 0 atom stereocenters. The van der Waals surface area contributed by atoms with Gasteiger partial charge >= 0.3 is 0 Å². The number of aliphatic hydroxyl groups is 1. The number of hydrogen-bond donors (Lipinski definition) is 2. The number of nitrogens with zero attached hydrogens (tertiary/aromatic N) is 2. The molecule has 154 valence electrons. The van der Waals surface area contributed by atoms with Crippen molar-refractivity contribution in [2.45, 2.75) is 26.3 Å². The van der Waals surface area contributed by atoms with Crippen LogP contribution in [-0.4, -0.2) is 39.7 Å². The smallest absolute Gasteiger partial charge is 0.148 e. The van der Waals surface area contributed by atoms with Crippen LogP contribution in [0.25, 0.3) is 32.2 Å². The number of piperidine rings is 1. The number of aliphatic hydroxyl groups excluding tert-OH is 1. The first-order valence-corrected chi connectivity index (χ1v) is 11.5. The van der Waals surface area contributed by atoms with Gasteiger partial charge in [0.25, 0.3) is 0 Å². The van der Waals surface area contributed by atoms with E-state index in [2.05, 4.69) is 71.4 Å². The topological polar surface area (TPSA) is 52.2 Å². The Labute approximate surface area is 181 Å². The van der Waals surface area contributed by atoms with E-state index < -0.39 is 0 Å². The molecule has 0 amide bonds. The van der Waals surface area contributed by atoms with Gasteiger partial charge in [-0.1, -0.05) is 30.3 Å². The molecule has 0 aliphatic carbocycles. The van der Waals surface area contributed by atoms with Crippen molar-refractivity contribution < 1.29 is 5.11 Å². The number of fused-ring (bicyclic) bond motifs is 1. The second-order valence-electron chi connectivity index (χ2n) is 8.32. The van der Waals surface area contributed by atoms with Crippen molar-refractivity contribution in [1.82, 2.24) is 14.9 Å². The van der Waals surface area contributed by atoms with Crippen molar-refractivity contribution in [3.63, 3.8) is 0 Å². The van der Waals surface area contributed by atoms with Crippen molar-refractivity contribution in [2.75, 3.05) is 19.7 Å². The highest BCUT2D eigenvalue weighted by molar-refractivity contribution is 7.18. The van der Waals surface area contributed by atoms with Crippen molar-refractivity contribution in [2.24, 2.45) is 5.92 Å². The van der Waals surface area contributed by atoms with E-state index >= 15 is 0 Å². The van der Waals surface area contributed by atoms with Crippen LogP contribution in [-0.2, 0) is 6.54 Å². The molecule has 2 aromatic heterocycles. The predicted molar refractivity (Wildman–Crippen MR) is 125 cm³/mol. The van der Waals surface area contributed by atoms with Gasteiger partial charge in [0.05, 0.1) is 15.9 Å². The molecule has 0 saturated carbocycles. The van der Waals surface area contributed by atoms with Crippen LogP contribution in [0.2, 0.25) is 0 Å². The number of H-pyrrole nitrogens is 1. The quantitative estimate of drug-likeness (QED) is 0.453. The summed E-state index contributed by atoms with van der Waals surface area (Å²) in [7, 11) is 0. The number of rotatable bonds is 5. The van der Waals surface area contributed by atoms with Crippen LogP contribution in [0.1, 0.15) is 24.0 Å². The molecule has 0 bridgehead atoms. The van der Waals surface area contributed by atoms with Gasteiger partial charge in [0.2, 0.25) is 0 Å². The molecule has 2 aromatic carbocycles. The Kier molecular flexibility index (Phi) is 5.42. The van der Waals surface area contributed by atoms with E-state index in [-0.39, 0.29) is 0 Å². The largest absolute Gasteiger partial charge is 0.396 e. The van der Waals surface area contributed by atoms with E-state index in [1.54, 1.807) is 11.3 Å². The van der Waals surface area contributed by atoms with Crippen molar-refractivity contribution >= 4 is 22.4 Å². The first-order chi connectivity index (χ1) is 14.7. The lowest BCUT2D eigenvalue weighted by Gasteiger charge is -2.31. The molecular weight excluding hydrogens is 390 g/mol. The highest BCUT2D eigenvalue weighted by Gasteiger charge is 2.18. The maximum atomic E-state index is 9.34. The lowest BCUT2D eigenvalue weighted by molar-refractivity contribution is 0.127. The Balaban J connectivity index is 1.34.